The summed E-state index contributed by atoms with van der Waals surface area (Å²) in [4.78, 5) is 20.0. The molecule has 0 atom stereocenters. The Morgan fingerprint density at radius 2 is 1.85 bits per heavy atom. The molecule has 0 unspecified atom stereocenters. The van der Waals surface area contributed by atoms with Crippen LogP contribution in [0.1, 0.15) is 22.8 Å². The van der Waals surface area contributed by atoms with Crippen LogP contribution in [0.5, 0.6) is 5.75 Å². The normalized spacial score (nSPS) is 10.3. The zero-order valence-corrected chi connectivity index (χ0v) is 15.4. The summed E-state index contributed by atoms with van der Waals surface area (Å²) in [5, 5.41) is 6.45. The molecule has 0 fully saturated rings. The molecule has 1 aromatic heterocycles. The summed E-state index contributed by atoms with van der Waals surface area (Å²) in [6.07, 6.45) is 2.52. The van der Waals surface area contributed by atoms with Crippen LogP contribution < -0.4 is 15.4 Å². The molecule has 3 aromatic rings. The predicted octanol–water partition coefficient (Wildman–Crippen LogP) is 4.09. The number of hydrogen-bond acceptors (Lipinski definition) is 6. The maximum atomic E-state index is 11.3. The quantitative estimate of drug-likeness (QED) is 0.588. The van der Waals surface area contributed by atoms with Crippen molar-refractivity contribution in [1.82, 2.24) is 9.97 Å². The average Bonchev–Trinajstić information content (AvgIpc) is 2.69. The van der Waals surface area contributed by atoms with E-state index in [1.807, 2.05) is 36.4 Å². The molecule has 3 rings (SSSR count). The Bertz CT molecular complexity index is 910. The van der Waals surface area contributed by atoms with Crippen molar-refractivity contribution < 1.29 is 9.53 Å². The molecule has 0 spiro atoms. The second-order valence-corrected chi connectivity index (χ2v) is 6.01. The number of para-hydroxylation sites is 1. The standard InChI is InChI=1S/C21H22N4O2/c1-15(26)16-7-9-18(10-8-16)24-21-23-14-12-20(25-21)22-13-11-17-5-3-4-6-19(17)27-2/h3-10,12,14H,11,13H2,1-2H3,(H2,22,23,24,25). The second-order valence-electron chi connectivity index (χ2n) is 6.01. The summed E-state index contributed by atoms with van der Waals surface area (Å²) < 4.78 is 5.37. The lowest BCUT2D eigenvalue weighted by molar-refractivity contribution is 0.101. The van der Waals surface area contributed by atoms with Crippen LogP contribution in [0.25, 0.3) is 0 Å². The van der Waals surface area contributed by atoms with Gasteiger partial charge < -0.3 is 15.4 Å². The molecular weight excluding hydrogens is 340 g/mol. The Kier molecular flexibility index (Phi) is 5.99. The van der Waals surface area contributed by atoms with Gasteiger partial charge in [0.15, 0.2) is 5.78 Å². The van der Waals surface area contributed by atoms with Crippen molar-refractivity contribution in [3.63, 3.8) is 0 Å². The highest BCUT2D eigenvalue weighted by Gasteiger charge is 2.04. The third-order valence-corrected chi connectivity index (χ3v) is 4.10. The van der Waals surface area contributed by atoms with Crippen molar-refractivity contribution in [3.8, 4) is 5.75 Å². The first kappa shape index (κ1) is 18.4. The Labute approximate surface area is 158 Å². The molecule has 2 aromatic carbocycles. The largest absolute Gasteiger partial charge is 0.496 e. The van der Waals surface area contributed by atoms with E-state index in [4.69, 9.17) is 4.74 Å². The van der Waals surface area contributed by atoms with Crippen LogP contribution in [0.3, 0.4) is 0 Å². The number of ether oxygens (including phenoxy) is 1. The summed E-state index contributed by atoms with van der Waals surface area (Å²) in [7, 11) is 1.68. The fourth-order valence-electron chi connectivity index (χ4n) is 2.67. The van der Waals surface area contributed by atoms with Crippen LogP contribution in [-0.4, -0.2) is 29.4 Å². The van der Waals surface area contributed by atoms with Crippen molar-refractivity contribution in [2.24, 2.45) is 0 Å². The molecule has 138 valence electrons. The van der Waals surface area contributed by atoms with E-state index >= 15 is 0 Å². The van der Waals surface area contributed by atoms with E-state index in [1.54, 1.807) is 32.4 Å². The van der Waals surface area contributed by atoms with E-state index in [0.717, 1.165) is 35.8 Å². The minimum absolute atomic E-state index is 0.0408. The molecule has 6 nitrogen and oxygen atoms in total. The summed E-state index contributed by atoms with van der Waals surface area (Å²) in [5.74, 6) is 2.16. The molecule has 0 aliphatic heterocycles. The lowest BCUT2D eigenvalue weighted by Gasteiger charge is -2.10. The van der Waals surface area contributed by atoms with Gasteiger partial charge in [-0.1, -0.05) is 18.2 Å². The van der Waals surface area contributed by atoms with E-state index in [1.165, 1.54) is 0 Å². The van der Waals surface area contributed by atoms with E-state index in [9.17, 15) is 4.79 Å². The summed E-state index contributed by atoms with van der Waals surface area (Å²) in [5.41, 5.74) is 2.64. The molecule has 0 bridgehead atoms. The van der Waals surface area contributed by atoms with Crippen LogP contribution in [-0.2, 0) is 6.42 Å². The Balaban J connectivity index is 1.59. The number of nitrogens with zero attached hydrogens (tertiary/aromatic N) is 2. The molecule has 0 aliphatic carbocycles. The predicted molar refractivity (Wildman–Crippen MR) is 107 cm³/mol. The number of carbonyl (C=O) groups excluding carboxylic acids is 1. The van der Waals surface area contributed by atoms with Crippen molar-refractivity contribution in [3.05, 3.63) is 71.9 Å². The van der Waals surface area contributed by atoms with Gasteiger partial charge in [-0.05, 0) is 55.3 Å². The fourth-order valence-corrected chi connectivity index (χ4v) is 2.67. The number of ketones is 1. The van der Waals surface area contributed by atoms with Crippen LogP contribution in [0.2, 0.25) is 0 Å². The van der Waals surface area contributed by atoms with Gasteiger partial charge >= 0.3 is 0 Å². The second kappa shape index (κ2) is 8.80. The van der Waals surface area contributed by atoms with Gasteiger partial charge in [0.1, 0.15) is 11.6 Å². The Hall–Kier alpha value is -3.41. The number of anilines is 3. The van der Waals surface area contributed by atoms with E-state index in [-0.39, 0.29) is 5.78 Å². The number of rotatable bonds is 8. The number of nitrogens with one attached hydrogen (secondary N) is 2. The number of benzene rings is 2. The maximum Gasteiger partial charge on any atom is 0.229 e. The number of hydrogen-bond donors (Lipinski definition) is 2. The van der Waals surface area contributed by atoms with Gasteiger partial charge in [-0.3, -0.25) is 4.79 Å². The number of carbonyl (C=O) groups is 1. The number of methoxy groups -OCH3 is 1. The summed E-state index contributed by atoms with van der Waals surface area (Å²) in [6.45, 7) is 2.27. The Morgan fingerprint density at radius 3 is 2.59 bits per heavy atom. The minimum Gasteiger partial charge on any atom is -0.496 e. The van der Waals surface area contributed by atoms with Crippen molar-refractivity contribution in [1.29, 1.82) is 0 Å². The SMILES string of the molecule is COc1ccccc1CCNc1ccnc(Nc2ccc(C(C)=O)cc2)n1. The molecule has 0 amide bonds. The van der Waals surface area contributed by atoms with Gasteiger partial charge in [0, 0.05) is 24.0 Å². The molecule has 0 radical (unpaired) electrons. The first-order valence-electron chi connectivity index (χ1n) is 8.72. The van der Waals surface area contributed by atoms with Crippen LogP contribution in [0.15, 0.2) is 60.8 Å². The molecular formula is C21H22N4O2. The zero-order chi connectivity index (χ0) is 19.1. The average molecular weight is 362 g/mol. The minimum atomic E-state index is 0.0408. The van der Waals surface area contributed by atoms with Crippen LogP contribution in [0, 0.1) is 0 Å². The summed E-state index contributed by atoms with van der Waals surface area (Å²) >= 11 is 0. The fraction of sp³-hybridized carbons (Fsp3) is 0.190. The molecule has 27 heavy (non-hydrogen) atoms. The number of Topliss-reactive ketones (excluding diaryl/α,β-unsaturated/α-hetero) is 1. The van der Waals surface area contributed by atoms with Gasteiger partial charge in [-0.25, -0.2) is 4.98 Å². The zero-order valence-electron chi connectivity index (χ0n) is 15.4. The van der Waals surface area contributed by atoms with E-state index in [0.29, 0.717) is 11.5 Å². The highest BCUT2D eigenvalue weighted by atomic mass is 16.5. The first-order valence-corrected chi connectivity index (χ1v) is 8.72. The monoisotopic (exact) mass is 362 g/mol. The smallest absolute Gasteiger partial charge is 0.229 e. The highest BCUT2D eigenvalue weighted by Crippen LogP contribution is 2.18. The van der Waals surface area contributed by atoms with E-state index in [2.05, 4.69) is 26.7 Å². The molecule has 6 heteroatoms. The van der Waals surface area contributed by atoms with Gasteiger partial charge in [0.05, 0.1) is 7.11 Å². The van der Waals surface area contributed by atoms with E-state index < -0.39 is 0 Å². The van der Waals surface area contributed by atoms with Gasteiger partial charge in [0.2, 0.25) is 5.95 Å². The lowest BCUT2D eigenvalue weighted by Crippen LogP contribution is -2.08. The molecule has 2 N–H and O–H groups in total. The van der Waals surface area contributed by atoms with Gasteiger partial charge in [-0.15, -0.1) is 0 Å². The molecule has 0 saturated carbocycles. The number of aromatic nitrogens is 2. The van der Waals surface area contributed by atoms with Crippen LogP contribution in [0.4, 0.5) is 17.5 Å². The van der Waals surface area contributed by atoms with Crippen molar-refractivity contribution >= 4 is 23.2 Å². The lowest BCUT2D eigenvalue weighted by atomic mass is 10.1. The first-order chi connectivity index (χ1) is 13.2. The molecule has 0 aliphatic rings. The van der Waals surface area contributed by atoms with Gasteiger partial charge in [0.25, 0.3) is 0 Å². The third kappa shape index (κ3) is 5.04. The third-order valence-electron chi connectivity index (χ3n) is 4.10. The maximum absolute atomic E-state index is 11.3. The topological polar surface area (TPSA) is 76.1 Å². The summed E-state index contributed by atoms with van der Waals surface area (Å²) in [6, 6.07) is 17.0. The molecule has 1 heterocycles. The van der Waals surface area contributed by atoms with Crippen molar-refractivity contribution in [2.75, 3.05) is 24.3 Å². The highest BCUT2D eigenvalue weighted by molar-refractivity contribution is 5.94. The van der Waals surface area contributed by atoms with Gasteiger partial charge in [-0.2, -0.15) is 4.98 Å². The Morgan fingerprint density at radius 1 is 1.07 bits per heavy atom. The van der Waals surface area contributed by atoms with Crippen LogP contribution >= 0.6 is 0 Å². The van der Waals surface area contributed by atoms with Crippen molar-refractivity contribution in [2.45, 2.75) is 13.3 Å². The molecule has 0 saturated heterocycles.